The Labute approximate surface area is 145 Å². The van der Waals surface area contributed by atoms with Gasteiger partial charge in [-0.05, 0) is 37.0 Å². The summed E-state index contributed by atoms with van der Waals surface area (Å²) in [5, 5.41) is 6.09. The number of thiazole rings is 1. The highest BCUT2D eigenvalue weighted by atomic mass is 32.1. The fourth-order valence-electron chi connectivity index (χ4n) is 2.50. The van der Waals surface area contributed by atoms with Gasteiger partial charge in [0.1, 0.15) is 5.69 Å². The molecule has 3 rings (SSSR count). The van der Waals surface area contributed by atoms with E-state index in [2.05, 4.69) is 47.1 Å². The summed E-state index contributed by atoms with van der Waals surface area (Å²) >= 11 is 1.63. The maximum Gasteiger partial charge on any atom is 0.268 e. The van der Waals surface area contributed by atoms with Crippen LogP contribution in [0.3, 0.4) is 0 Å². The first-order valence-electron chi connectivity index (χ1n) is 8.21. The van der Waals surface area contributed by atoms with Crippen LogP contribution < -0.4 is 5.32 Å². The van der Waals surface area contributed by atoms with Crippen LogP contribution in [0.15, 0.2) is 23.7 Å². The van der Waals surface area contributed by atoms with Crippen molar-refractivity contribution in [1.29, 1.82) is 0 Å². The molecule has 3 aromatic heterocycles. The second kappa shape index (κ2) is 6.73. The van der Waals surface area contributed by atoms with Crippen molar-refractivity contribution in [3.63, 3.8) is 0 Å². The molecule has 0 bridgehead atoms. The Hall–Kier alpha value is -2.21. The number of fused-ring (bicyclic) bond motifs is 1. The van der Waals surface area contributed by atoms with Gasteiger partial charge in [0.2, 0.25) is 0 Å². The van der Waals surface area contributed by atoms with Gasteiger partial charge in [-0.25, -0.2) is 4.98 Å². The van der Waals surface area contributed by atoms with Crippen molar-refractivity contribution in [2.24, 2.45) is 0 Å². The van der Waals surface area contributed by atoms with Crippen LogP contribution in [0.4, 0.5) is 0 Å². The molecule has 1 atom stereocenters. The standard InChI is InChI=1S/C18H22N4OS/c1-5-17-22-16(9-24-17)11(4)20-18(23)15-7-13-14(21-15)6-12(8-19-13)10(2)3/h6-11,21H,5H2,1-4H3,(H,20,23). The summed E-state index contributed by atoms with van der Waals surface area (Å²) in [6.07, 6.45) is 2.78. The molecule has 0 saturated heterocycles. The molecule has 6 heteroatoms. The molecule has 24 heavy (non-hydrogen) atoms. The highest BCUT2D eigenvalue weighted by molar-refractivity contribution is 7.09. The molecule has 5 nitrogen and oxygen atoms in total. The number of aromatic nitrogens is 3. The van der Waals surface area contributed by atoms with E-state index in [0.717, 1.165) is 33.7 Å². The molecule has 0 aliphatic rings. The maximum absolute atomic E-state index is 12.5. The number of pyridine rings is 1. The third-order valence-corrected chi connectivity index (χ3v) is 5.08. The number of rotatable bonds is 5. The summed E-state index contributed by atoms with van der Waals surface area (Å²) < 4.78 is 0. The van der Waals surface area contributed by atoms with E-state index in [1.807, 2.05) is 18.5 Å². The molecular weight excluding hydrogens is 320 g/mol. The maximum atomic E-state index is 12.5. The molecule has 126 valence electrons. The van der Waals surface area contributed by atoms with Crippen LogP contribution in [0.2, 0.25) is 0 Å². The first-order chi connectivity index (χ1) is 11.5. The predicted molar refractivity (Wildman–Crippen MR) is 97.6 cm³/mol. The van der Waals surface area contributed by atoms with E-state index < -0.39 is 0 Å². The summed E-state index contributed by atoms with van der Waals surface area (Å²) in [6, 6.07) is 3.72. The number of H-pyrrole nitrogens is 1. The molecular formula is C18H22N4OS. The van der Waals surface area contributed by atoms with Crippen LogP contribution in [0, 0.1) is 0 Å². The fraction of sp³-hybridized carbons (Fsp3) is 0.389. The zero-order chi connectivity index (χ0) is 17.3. The van der Waals surface area contributed by atoms with Gasteiger partial charge in [0, 0.05) is 11.6 Å². The summed E-state index contributed by atoms with van der Waals surface area (Å²) in [5.74, 6) is 0.262. The average Bonchev–Trinajstić information content (AvgIpc) is 3.20. The van der Waals surface area contributed by atoms with Gasteiger partial charge in [-0.1, -0.05) is 20.8 Å². The number of amides is 1. The van der Waals surface area contributed by atoms with Gasteiger partial charge in [-0.15, -0.1) is 11.3 Å². The lowest BCUT2D eigenvalue weighted by atomic mass is 10.1. The molecule has 0 fully saturated rings. The zero-order valence-corrected chi connectivity index (χ0v) is 15.2. The molecule has 0 aliphatic heterocycles. The molecule has 1 amide bonds. The third-order valence-electron chi connectivity index (χ3n) is 4.06. The van der Waals surface area contributed by atoms with Crippen molar-refractivity contribution in [2.75, 3.05) is 0 Å². The first kappa shape index (κ1) is 16.6. The van der Waals surface area contributed by atoms with E-state index >= 15 is 0 Å². The highest BCUT2D eigenvalue weighted by Crippen LogP contribution is 2.21. The minimum atomic E-state index is -0.141. The van der Waals surface area contributed by atoms with Gasteiger partial charge < -0.3 is 10.3 Å². The highest BCUT2D eigenvalue weighted by Gasteiger charge is 2.16. The Morgan fingerprint density at radius 2 is 2.12 bits per heavy atom. The van der Waals surface area contributed by atoms with Crippen molar-refractivity contribution in [1.82, 2.24) is 20.3 Å². The Morgan fingerprint density at radius 1 is 1.33 bits per heavy atom. The van der Waals surface area contributed by atoms with Crippen molar-refractivity contribution < 1.29 is 4.79 Å². The minimum absolute atomic E-state index is 0.125. The van der Waals surface area contributed by atoms with E-state index in [0.29, 0.717) is 11.6 Å². The van der Waals surface area contributed by atoms with Gasteiger partial charge in [0.05, 0.1) is 27.8 Å². The van der Waals surface area contributed by atoms with Crippen LogP contribution in [0.25, 0.3) is 11.0 Å². The van der Waals surface area contributed by atoms with Crippen molar-refractivity contribution in [3.8, 4) is 0 Å². The van der Waals surface area contributed by atoms with Gasteiger partial charge in [-0.2, -0.15) is 0 Å². The van der Waals surface area contributed by atoms with Crippen LogP contribution >= 0.6 is 11.3 Å². The molecule has 1 unspecified atom stereocenters. The van der Waals surface area contributed by atoms with Crippen LogP contribution in [0.5, 0.6) is 0 Å². The van der Waals surface area contributed by atoms with Gasteiger partial charge in [-0.3, -0.25) is 9.78 Å². The van der Waals surface area contributed by atoms with Crippen molar-refractivity contribution in [2.45, 2.75) is 46.1 Å². The Balaban J connectivity index is 1.78. The second-order valence-electron chi connectivity index (χ2n) is 6.25. The second-order valence-corrected chi connectivity index (χ2v) is 7.20. The van der Waals surface area contributed by atoms with Crippen molar-refractivity contribution in [3.05, 3.63) is 45.7 Å². The van der Waals surface area contributed by atoms with Crippen LogP contribution in [-0.2, 0) is 6.42 Å². The number of nitrogens with zero attached hydrogens (tertiary/aromatic N) is 2. The van der Waals surface area contributed by atoms with Crippen molar-refractivity contribution >= 4 is 28.3 Å². The van der Waals surface area contributed by atoms with E-state index in [1.54, 1.807) is 17.4 Å². The lowest BCUT2D eigenvalue weighted by Crippen LogP contribution is -2.27. The number of nitrogens with one attached hydrogen (secondary N) is 2. The number of aryl methyl sites for hydroxylation is 1. The number of hydrogen-bond donors (Lipinski definition) is 2. The molecule has 0 spiro atoms. The lowest BCUT2D eigenvalue weighted by molar-refractivity contribution is 0.0935. The Morgan fingerprint density at radius 3 is 2.79 bits per heavy atom. The summed E-state index contributed by atoms with van der Waals surface area (Å²) in [6.45, 7) is 8.28. The monoisotopic (exact) mass is 342 g/mol. The first-order valence-corrected chi connectivity index (χ1v) is 9.09. The van der Waals surface area contributed by atoms with E-state index in [1.165, 1.54) is 0 Å². The lowest BCUT2D eigenvalue weighted by Gasteiger charge is -2.10. The van der Waals surface area contributed by atoms with E-state index in [4.69, 9.17) is 0 Å². The fourth-order valence-corrected chi connectivity index (χ4v) is 3.34. The number of carbonyl (C=O) groups is 1. The molecule has 0 radical (unpaired) electrons. The third kappa shape index (κ3) is 3.33. The molecule has 3 heterocycles. The van der Waals surface area contributed by atoms with E-state index in [-0.39, 0.29) is 11.9 Å². The topological polar surface area (TPSA) is 70.7 Å². The van der Waals surface area contributed by atoms with Gasteiger partial charge in [0.15, 0.2) is 0 Å². The molecule has 2 N–H and O–H groups in total. The van der Waals surface area contributed by atoms with Crippen LogP contribution in [-0.4, -0.2) is 20.9 Å². The normalized spacial score (nSPS) is 12.7. The van der Waals surface area contributed by atoms with Crippen LogP contribution in [0.1, 0.15) is 66.4 Å². The Kier molecular flexibility index (Phi) is 4.66. The number of aromatic amines is 1. The Bertz CT molecular complexity index is 865. The quantitative estimate of drug-likeness (QED) is 0.730. The largest absolute Gasteiger partial charge is 0.349 e. The SMILES string of the molecule is CCc1nc(C(C)NC(=O)c2cc3ncc(C(C)C)cc3[nH]2)cs1. The zero-order valence-electron chi connectivity index (χ0n) is 14.4. The van der Waals surface area contributed by atoms with Gasteiger partial charge >= 0.3 is 0 Å². The van der Waals surface area contributed by atoms with Gasteiger partial charge in [0.25, 0.3) is 5.91 Å². The summed E-state index contributed by atoms with van der Waals surface area (Å²) in [5.41, 5.74) is 4.28. The molecule has 0 aliphatic carbocycles. The number of carbonyl (C=O) groups excluding carboxylic acids is 1. The molecule has 3 aromatic rings. The molecule has 0 aromatic carbocycles. The minimum Gasteiger partial charge on any atom is -0.349 e. The average molecular weight is 342 g/mol. The summed E-state index contributed by atoms with van der Waals surface area (Å²) in [7, 11) is 0. The smallest absolute Gasteiger partial charge is 0.268 e. The predicted octanol–water partition coefficient (Wildman–Crippen LogP) is 4.20. The molecule has 0 saturated carbocycles. The van der Waals surface area contributed by atoms with E-state index in [9.17, 15) is 4.79 Å². The summed E-state index contributed by atoms with van der Waals surface area (Å²) in [4.78, 5) is 24.6. The number of hydrogen-bond acceptors (Lipinski definition) is 4.